The Labute approximate surface area is 148 Å². The Bertz CT molecular complexity index is 808. The van der Waals surface area contributed by atoms with Gasteiger partial charge in [-0.3, -0.25) is 0 Å². The highest BCUT2D eigenvalue weighted by molar-refractivity contribution is 5.67. The Morgan fingerprint density at radius 2 is 1.88 bits per heavy atom. The minimum absolute atomic E-state index is 0.127. The number of alkyl carbamates (subject to hydrolysis) is 1. The molecule has 4 nitrogen and oxygen atoms in total. The number of alkyl halides is 3. The van der Waals surface area contributed by atoms with E-state index < -0.39 is 23.6 Å². The molecule has 0 bridgehead atoms. The molecule has 0 heterocycles. The summed E-state index contributed by atoms with van der Waals surface area (Å²) in [5.41, 5.74) is -0.149. The molecule has 0 saturated carbocycles. The average molecular weight is 363 g/mol. The molecular formula is C19H16F3NO3. The fourth-order valence-electron chi connectivity index (χ4n) is 2.01. The van der Waals surface area contributed by atoms with Crippen LogP contribution in [0, 0.1) is 11.8 Å². The van der Waals surface area contributed by atoms with Gasteiger partial charge >= 0.3 is 12.3 Å². The number of halogens is 3. The molecular weight excluding hydrogens is 347 g/mol. The van der Waals surface area contributed by atoms with Gasteiger partial charge in [-0.25, -0.2) is 4.79 Å². The first-order valence-corrected chi connectivity index (χ1v) is 7.70. The predicted octanol–water partition coefficient (Wildman–Crippen LogP) is 4.08. The van der Waals surface area contributed by atoms with Crippen LogP contribution in [0.15, 0.2) is 48.5 Å². The van der Waals surface area contributed by atoms with Crippen molar-refractivity contribution in [2.75, 3.05) is 6.54 Å². The van der Waals surface area contributed by atoms with E-state index in [1.54, 1.807) is 0 Å². The van der Waals surface area contributed by atoms with Crippen molar-refractivity contribution in [1.82, 2.24) is 5.32 Å². The monoisotopic (exact) mass is 363 g/mol. The molecule has 0 unspecified atom stereocenters. The summed E-state index contributed by atoms with van der Waals surface area (Å²) in [5.74, 6) is 4.38. The van der Waals surface area contributed by atoms with E-state index in [0.29, 0.717) is 0 Å². The number of benzene rings is 2. The second-order valence-electron chi connectivity index (χ2n) is 5.27. The van der Waals surface area contributed by atoms with Crippen molar-refractivity contribution in [3.8, 4) is 17.6 Å². The lowest BCUT2D eigenvalue weighted by atomic mass is 10.1. The lowest BCUT2D eigenvalue weighted by Gasteiger charge is -2.08. The minimum atomic E-state index is -4.65. The van der Waals surface area contributed by atoms with Crippen LogP contribution < -0.4 is 5.32 Å². The Balaban J connectivity index is 1.77. The summed E-state index contributed by atoms with van der Waals surface area (Å²) in [4.78, 5) is 11.5. The first kappa shape index (κ1) is 19.2. The summed E-state index contributed by atoms with van der Waals surface area (Å²) >= 11 is 0. The topological polar surface area (TPSA) is 58.6 Å². The zero-order valence-corrected chi connectivity index (χ0v) is 13.6. The van der Waals surface area contributed by atoms with Gasteiger partial charge in [-0.1, -0.05) is 42.2 Å². The molecule has 0 radical (unpaired) electrons. The molecule has 0 aromatic heterocycles. The highest BCUT2D eigenvalue weighted by atomic mass is 19.4. The van der Waals surface area contributed by atoms with Crippen LogP contribution in [0.1, 0.15) is 23.1 Å². The van der Waals surface area contributed by atoms with Gasteiger partial charge < -0.3 is 15.2 Å². The third kappa shape index (κ3) is 6.06. The molecule has 1 amide bonds. The molecule has 136 valence electrons. The Hall–Kier alpha value is -3.14. The van der Waals surface area contributed by atoms with Crippen LogP contribution in [-0.2, 0) is 17.5 Å². The average Bonchev–Trinajstić information content (AvgIpc) is 2.61. The number of nitrogens with one attached hydrogen (secondary N) is 1. The molecule has 7 heteroatoms. The van der Waals surface area contributed by atoms with E-state index in [0.717, 1.165) is 17.7 Å². The van der Waals surface area contributed by atoms with Gasteiger partial charge in [0.2, 0.25) is 0 Å². The summed E-state index contributed by atoms with van der Waals surface area (Å²) in [6, 6.07) is 12.2. The summed E-state index contributed by atoms with van der Waals surface area (Å²) < 4.78 is 43.1. The van der Waals surface area contributed by atoms with E-state index in [1.807, 2.05) is 30.3 Å². The molecule has 0 aliphatic rings. The lowest BCUT2D eigenvalue weighted by Crippen LogP contribution is -2.24. The zero-order chi connectivity index (χ0) is 19.0. The number of aromatic hydroxyl groups is 1. The molecule has 0 aliphatic carbocycles. The van der Waals surface area contributed by atoms with Crippen molar-refractivity contribution >= 4 is 6.09 Å². The number of rotatable bonds is 4. The van der Waals surface area contributed by atoms with Gasteiger partial charge in [-0.05, 0) is 23.8 Å². The van der Waals surface area contributed by atoms with E-state index in [-0.39, 0.29) is 25.1 Å². The van der Waals surface area contributed by atoms with Crippen molar-refractivity contribution in [2.45, 2.75) is 19.2 Å². The van der Waals surface area contributed by atoms with Gasteiger partial charge in [0.1, 0.15) is 12.4 Å². The van der Waals surface area contributed by atoms with Gasteiger partial charge in [0.25, 0.3) is 0 Å². The second kappa shape index (κ2) is 8.81. The third-order valence-corrected chi connectivity index (χ3v) is 3.27. The molecule has 26 heavy (non-hydrogen) atoms. The van der Waals surface area contributed by atoms with Crippen molar-refractivity contribution < 1.29 is 27.8 Å². The molecule has 0 fully saturated rings. The minimum Gasteiger partial charge on any atom is -0.507 e. The number of hydrogen-bond acceptors (Lipinski definition) is 3. The second-order valence-corrected chi connectivity index (χ2v) is 5.27. The highest BCUT2D eigenvalue weighted by Gasteiger charge is 2.33. The first-order valence-electron chi connectivity index (χ1n) is 7.70. The van der Waals surface area contributed by atoms with Gasteiger partial charge in [0, 0.05) is 18.5 Å². The predicted molar refractivity (Wildman–Crippen MR) is 89.2 cm³/mol. The quantitative estimate of drug-likeness (QED) is 0.636. The maximum absolute atomic E-state index is 12.7. The standard InChI is InChI=1S/C19H16F3NO3/c20-19(21,22)16-12-14(9-10-17(16)24)6-4-5-11-23-18(25)26-13-15-7-2-1-3-8-15/h1-3,7-10,12,24H,5,11,13H2,(H,23,25). The number of carbonyl (C=O) groups is 1. The third-order valence-electron chi connectivity index (χ3n) is 3.27. The molecule has 0 aliphatic heterocycles. The largest absolute Gasteiger partial charge is 0.507 e. The van der Waals surface area contributed by atoms with Crippen LogP contribution in [0.3, 0.4) is 0 Å². The van der Waals surface area contributed by atoms with Crippen molar-refractivity contribution in [1.29, 1.82) is 0 Å². The van der Waals surface area contributed by atoms with E-state index in [4.69, 9.17) is 4.74 Å². The smallest absolute Gasteiger partial charge is 0.419 e. The van der Waals surface area contributed by atoms with E-state index in [1.165, 1.54) is 6.07 Å². The van der Waals surface area contributed by atoms with Crippen molar-refractivity contribution in [3.05, 3.63) is 65.2 Å². The van der Waals surface area contributed by atoms with Crippen LogP contribution in [-0.4, -0.2) is 17.7 Å². The molecule has 0 saturated heterocycles. The maximum Gasteiger partial charge on any atom is 0.419 e. The van der Waals surface area contributed by atoms with Crippen LogP contribution in [0.25, 0.3) is 0 Å². The van der Waals surface area contributed by atoms with Gasteiger partial charge in [0.15, 0.2) is 0 Å². The lowest BCUT2D eigenvalue weighted by molar-refractivity contribution is -0.138. The molecule has 2 aromatic rings. The highest BCUT2D eigenvalue weighted by Crippen LogP contribution is 2.35. The van der Waals surface area contributed by atoms with Gasteiger partial charge in [0.05, 0.1) is 5.56 Å². The Kier molecular flexibility index (Phi) is 6.50. The molecule has 2 N–H and O–H groups in total. The number of ether oxygens (including phenoxy) is 1. The van der Waals surface area contributed by atoms with E-state index in [2.05, 4.69) is 17.2 Å². The SMILES string of the molecule is O=C(NCCC#Cc1ccc(O)c(C(F)(F)F)c1)OCc1ccccc1. The van der Waals surface area contributed by atoms with Crippen molar-refractivity contribution in [2.24, 2.45) is 0 Å². The van der Waals surface area contributed by atoms with E-state index >= 15 is 0 Å². The Morgan fingerprint density at radius 1 is 1.15 bits per heavy atom. The van der Waals surface area contributed by atoms with Crippen molar-refractivity contribution in [3.63, 3.8) is 0 Å². The molecule has 0 spiro atoms. The molecule has 2 aromatic carbocycles. The number of amides is 1. The fourth-order valence-corrected chi connectivity index (χ4v) is 2.01. The van der Waals surface area contributed by atoms with Crippen LogP contribution in [0.4, 0.5) is 18.0 Å². The zero-order valence-electron chi connectivity index (χ0n) is 13.6. The van der Waals surface area contributed by atoms with Crippen LogP contribution in [0.2, 0.25) is 0 Å². The van der Waals surface area contributed by atoms with E-state index in [9.17, 15) is 23.1 Å². The maximum atomic E-state index is 12.7. The number of phenolic OH excluding ortho intramolecular Hbond substituents is 1. The molecule has 2 rings (SSSR count). The van der Waals surface area contributed by atoms with Crippen LogP contribution in [0.5, 0.6) is 5.75 Å². The fraction of sp³-hybridized carbons (Fsp3) is 0.211. The summed E-state index contributed by atoms with van der Waals surface area (Å²) in [6.07, 6.45) is -5.01. The normalized spacial score (nSPS) is 10.6. The van der Waals surface area contributed by atoms with Gasteiger partial charge in [-0.2, -0.15) is 13.2 Å². The number of carbonyl (C=O) groups excluding carboxylic acids is 1. The van der Waals surface area contributed by atoms with Gasteiger partial charge in [-0.15, -0.1) is 0 Å². The number of phenols is 1. The first-order chi connectivity index (χ1) is 12.4. The number of hydrogen-bond donors (Lipinski definition) is 2. The summed E-state index contributed by atoms with van der Waals surface area (Å²) in [7, 11) is 0. The summed E-state index contributed by atoms with van der Waals surface area (Å²) in [6.45, 7) is 0.344. The van der Waals surface area contributed by atoms with Crippen LogP contribution >= 0.6 is 0 Å². The molecule has 0 atom stereocenters. The summed E-state index contributed by atoms with van der Waals surface area (Å²) in [5, 5.41) is 11.7. The Morgan fingerprint density at radius 3 is 2.58 bits per heavy atom.